The lowest BCUT2D eigenvalue weighted by molar-refractivity contribution is 0.266. The van der Waals surface area contributed by atoms with Gasteiger partial charge in [0.05, 0.1) is 4.90 Å². The number of nitrogens with one attached hydrogen (secondary N) is 1. The smallest absolute Gasteiger partial charge is 0.244 e. The SMILES string of the molecule is CCCN(C1CCCNC1)S(=O)(=O)c1cc(Br)ccc1Br. The second-order valence-corrected chi connectivity index (χ2v) is 8.82. The van der Waals surface area contributed by atoms with Crippen LogP contribution in [0.2, 0.25) is 0 Å². The molecule has 1 saturated heterocycles. The number of benzene rings is 1. The molecule has 0 radical (unpaired) electrons. The molecular formula is C14H20Br2N2O2S. The van der Waals surface area contributed by atoms with E-state index in [2.05, 4.69) is 37.2 Å². The van der Waals surface area contributed by atoms with E-state index in [1.165, 1.54) is 0 Å². The molecule has 0 bridgehead atoms. The molecule has 0 spiro atoms. The van der Waals surface area contributed by atoms with Gasteiger partial charge in [0, 0.05) is 28.1 Å². The summed E-state index contributed by atoms with van der Waals surface area (Å²) in [6, 6.07) is 5.29. The lowest BCUT2D eigenvalue weighted by atomic mass is 10.1. The maximum atomic E-state index is 13.0. The monoisotopic (exact) mass is 438 g/mol. The summed E-state index contributed by atoms with van der Waals surface area (Å²) in [5.74, 6) is 0. The van der Waals surface area contributed by atoms with E-state index in [1.807, 2.05) is 13.0 Å². The summed E-state index contributed by atoms with van der Waals surface area (Å²) in [4.78, 5) is 0.330. The standard InChI is InChI=1S/C14H20Br2N2O2S/c1-2-8-18(12-4-3-7-17-10-12)21(19,20)14-9-11(15)5-6-13(14)16/h5-6,9,12,17H,2-4,7-8,10H2,1H3. The summed E-state index contributed by atoms with van der Waals surface area (Å²) < 4.78 is 29.1. The number of sulfonamides is 1. The fourth-order valence-electron chi connectivity index (χ4n) is 2.60. The Labute approximate surface area is 143 Å². The predicted octanol–water partition coefficient (Wildman–Crippen LogP) is 3.36. The van der Waals surface area contributed by atoms with Gasteiger partial charge >= 0.3 is 0 Å². The van der Waals surface area contributed by atoms with Gasteiger partial charge in [0.2, 0.25) is 10.0 Å². The summed E-state index contributed by atoms with van der Waals surface area (Å²) >= 11 is 6.72. The quantitative estimate of drug-likeness (QED) is 0.765. The molecule has 7 heteroatoms. The average molecular weight is 440 g/mol. The number of nitrogens with zero attached hydrogens (tertiary/aromatic N) is 1. The molecule has 1 N–H and O–H groups in total. The van der Waals surface area contributed by atoms with E-state index in [4.69, 9.17) is 0 Å². The minimum absolute atomic E-state index is 0.0366. The molecule has 4 nitrogen and oxygen atoms in total. The third kappa shape index (κ3) is 4.07. The number of rotatable bonds is 5. The third-order valence-corrected chi connectivity index (χ3v) is 7.04. The fraction of sp³-hybridized carbons (Fsp3) is 0.571. The van der Waals surface area contributed by atoms with Crippen LogP contribution in [0, 0.1) is 0 Å². The van der Waals surface area contributed by atoms with Gasteiger partial charge in [-0.3, -0.25) is 0 Å². The van der Waals surface area contributed by atoms with Crippen LogP contribution in [-0.4, -0.2) is 38.4 Å². The Hall–Kier alpha value is 0.0500. The molecule has 118 valence electrons. The van der Waals surface area contributed by atoms with E-state index in [0.29, 0.717) is 15.9 Å². The Balaban J connectivity index is 2.39. The van der Waals surface area contributed by atoms with E-state index >= 15 is 0 Å². The zero-order chi connectivity index (χ0) is 15.5. The van der Waals surface area contributed by atoms with Crippen LogP contribution in [0.15, 0.2) is 32.0 Å². The molecule has 0 amide bonds. The average Bonchev–Trinajstić information content (AvgIpc) is 2.48. The molecule has 0 saturated carbocycles. The molecule has 2 rings (SSSR count). The van der Waals surface area contributed by atoms with Crippen LogP contribution in [0.4, 0.5) is 0 Å². The Morgan fingerprint density at radius 1 is 1.38 bits per heavy atom. The Morgan fingerprint density at radius 3 is 2.76 bits per heavy atom. The van der Waals surface area contributed by atoms with E-state index < -0.39 is 10.0 Å². The summed E-state index contributed by atoms with van der Waals surface area (Å²) in [5.41, 5.74) is 0. The van der Waals surface area contributed by atoms with Crippen molar-refractivity contribution in [1.29, 1.82) is 0 Å². The first-order valence-electron chi connectivity index (χ1n) is 7.14. The van der Waals surface area contributed by atoms with Gasteiger partial charge in [-0.15, -0.1) is 0 Å². The molecule has 0 aromatic heterocycles. The van der Waals surface area contributed by atoms with Crippen molar-refractivity contribution in [3.8, 4) is 0 Å². The minimum Gasteiger partial charge on any atom is -0.315 e. The molecule has 1 aliphatic rings. The summed E-state index contributed by atoms with van der Waals surface area (Å²) in [6.45, 7) is 4.25. The van der Waals surface area contributed by atoms with Crippen molar-refractivity contribution in [3.63, 3.8) is 0 Å². The first kappa shape index (κ1) is 17.4. The van der Waals surface area contributed by atoms with Gasteiger partial charge in [-0.25, -0.2) is 8.42 Å². The van der Waals surface area contributed by atoms with Crippen molar-refractivity contribution in [2.45, 2.75) is 37.1 Å². The van der Waals surface area contributed by atoms with Crippen molar-refractivity contribution in [3.05, 3.63) is 27.1 Å². The number of halogens is 2. The maximum Gasteiger partial charge on any atom is 0.244 e. The molecular weight excluding hydrogens is 420 g/mol. The van der Waals surface area contributed by atoms with Gasteiger partial charge in [-0.1, -0.05) is 22.9 Å². The zero-order valence-electron chi connectivity index (χ0n) is 12.0. The third-order valence-electron chi connectivity index (χ3n) is 3.60. The molecule has 0 aliphatic carbocycles. The van der Waals surface area contributed by atoms with Gasteiger partial charge in [0.1, 0.15) is 0 Å². The summed E-state index contributed by atoms with van der Waals surface area (Å²) in [5, 5.41) is 3.30. The maximum absolute atomic E-state index is 13.0. The van der Waals surface area contributed by atoms with E-state index in [9.17, 15) is 8.42 Å². The first-order chi connectivity index (χ1) is 9.96. The van der Waals surface area contributed by atoms with Crippen LogP contribution < -0.4 is 5.32 Å². The van der Waals surface area contributed by atoms with E-state index in [-0.39, 0.29) is 6.04 Å². The van der Waals surface area contributed by atoms with Crippen LogP contribution >= 0.6 is 31.9 Å². The Bertz CT molecular complexity index is 587. The van der Waals surface area contributed by atoms with Crippen molar-refractivity contribution < 1.29 is 8.42 Å². The first-order valence-corrected chi connectivity index (χ1v) is 10.2. The summed E-state index contributed by atoms with van der Waals surface area (Å²) in [6.07, 6.45) is 2.74. The van der Waals surface area contributed by atoms with E-state index in [1.54, 1.807) is 16.4 Å². The van der Waals surface area contributed by atoms with Crippen molar-refractivity contribution >= 4 is 41.9 Å². The second-order valence-electron chi connectivity index (χ2n) is 5.19. The van der Waals surface area contributed by atoms with Gasteiger partial charge in [0.25, 0.3) is 0 Å². The lowest BCUT2D eigenvalue weighted by Crippen LogP contribution is -2.48. The van der Waals surface area contributed by atoms with Crippen LogP contribution in [0.3, 0.4) is 0 Å². The highest BCUT2D eigenvalue weighted by Gasteiger charge is 2.33. The minimum atomic E-state index is -3.50. The molecule has 21 heavy (non-hydrogen) atoms. The van der Waals surface area contributed by atoms with Gasteiger partial charge in [0.15, 0.2) is 0 Å². The highest BCUT2D eigenvalue weighted by molar-refractivity contribution is 9.11. The Kier molecular flexibility index (Phi) is 6.25. The summed E-state index contributed by atoms with van der Waals surface area (Å²) in [7, 11) is -3.50. The number of hydrogen-bond acceptors (Lipinski definition) is 3. The van der Waals surface area contributed by atoms with Crippen LogP contribution in [0.25, 0.3) is 0 Å². The van der Waals surface area contributed by atoms with Crippen LogP contribution in [0.1, 0.15) is 26.2 Å². The lowest BCUT2D eigenvalue weighted by Gasteiger charge is -2.33. The molecule has 1 unspecified atom stereocenters. The van der Waals surface area contributed by atoms with Crippen molar-refractivity contribution in [1.82, 2.24) is 9.62 Å². The zero-order valence-corrected chi connectivity index (χ0v) is 16.0. The van der Waals surface area contributed by atoms with Crippen molar-refractivity contribution in [2.24, 2.45) is 0 Å². The highest BCUT2D eigenvalue weighted by Crippen LogP contribution is 2.30. The predicted molar refractivity (Wildman–Crippen MR) is 91.9 cm³/mol. The highest BCUT2D eigenvalue weighted by atomic mass is 79.9. The normalized spacial score (nSPS) is 19.9. The van der Waals surface area contributed by atoms with Gasteiger partial charge < -0.3 is 5.32 Å². The fourth-order valence-corrected chi connectivity index (χ4v) is 5.81. The largest absolute Gasteiger partial charge is 0.315 e. The van der Waals surface area contributed by atoms with Crippen molar-refractivity contribution in [2.75, 3.05) is 19.6 Å². The second kappa shape index (κ2) is 7.55. The molecule has 1 aliphatic heterocycles. The molecule has 1 heterocycles. The molecule has 1 aromatic rings. The Morgan fingerprint density at radius 2 is 2.14 bits per heavy atom. The molecule has 1 fully saturated rings. The van der Waals surface area contributed by atoms with Crippen LogP contribution in [-0.2, 0) is 10.0 Å². The molecule has 1 atom stereocenters. The van der Waals surface area contributed by atoms with E-state index in [0.717, 1.165) is 36.8 Å². The van der Waals surface area contributed by atoms with Gasteiger partial charge in [-0.05, 0) is 59.9 Å². The molecule has 1 aromatic carbocycles. The van der Waals surface area contributed by atoms with Crippen LogP contribution in [0.5, 0.6) is 0 Å². The topological polar surface area (TPSA) is 49.4 Å². The number of piperidine rings is 1. The van der Waals surface area contributed by atoms with Gasteiger partial charge in [-0.2, -0.15) is 4.31 Å². The number of hydrogen-bond donors (Lipinski definition) is 1.